The normalized spacial score (nSPS) is 9.40. The fourth-order valence-electron chi connectivity index (χ4n) is 0.440. The summed E-state index contributed by atoms with van der Waals surface area (Å²) in [5, 5.41) is -0.136. The van der Waals surface area contributed by atoms with Gasteiger partial charge in [0, 0.05) is 0 Å². The molecular weight excluding hydrogens is 159 g/mol. The van der Waals surface area contributed by atoms with Crippen LogP contribution in [0.4, 0.5) is 4.39 Å². The third-order valence-electron chi connectivity index (χ3n) is 0.853. The van der Waals surface area contributed by atoms with Crippen LogP contribution in [0.2, 0.25) is 5.28 Å². The molecule has 1 aromatic rings. The second-order valence-corrected chi connectivity index (χ2v) is 1.83. The van der Waals surface area contributed by atoms with Gasteiger partial charge in [0.15, 0.2) is 12.1 Å². The van der Waals surface area contributed by atoms with Crippen molar-refractivity contribution in [2.24, 2.45) is 0 Å². The highest BCUT2D eigenvalue weighted by Crippen LogP contribution is 2.03. The molecule has 0 saturated carbocycles. The van der Waals surface area contributed by atoms with Gasteiger partial charge >= 0.3 is 0 Å². The smallest absolute Gasteiger partial charge is 0.223 e. The second-order valence-electron chi connectivity index (χ2n) is 1.49. The number of carbonyl (C=O) groups excluding carboxylic acids is 1. The molecule has 0 saturated heterocycles. The molecule has 52 valence electrons. The van der Waals surface area contributed by atoms with Crippen LogP contribution < -0.4 is 0 Å². The van der Waals surface area contributed by atoms with E-state index in [0.29, 0.717) is 0 Å². The first-order valence-electron chi connectivity index (χ1n) is 2.37. The van der Waals surface area contributed by atoms with Crippen LogP contribution in [0.15, 0.2) is 6.20 Å². The molecule has 0 N–H and O–H groups in total. The standard InChI is InChI=1S/C5H2ClFN2O/c6-5-8-1-3(7)4(2-10)9-5/h1-2H. The minimum atomic E-state index is -0.764. The largest absolute Gasteiger partial charge is 0.296 e. The van der Waals surface area contributed by atoms with Crippen LogP contribution >= 0.6 is 11.6 Å². The Labute approximate surface area is 60.9 Å². The van der Waals surface area contributed by atoms with Gasteiger partial charge in [-0.05, 0) is 11.6 Å². The Hall–Kier alpha value is -1.03. The van der Waals surface area contributed by atoms with Crippen molar-refractivity contribution in [3.63, 3.8) is 0 Å². The van der Waals surface area contributed by atoms with E-state index in [1.165, 1.54) is 0 Å². The lowest BCUT2D eigenvalue weighted by Crippen LogP contribution is -1.94. The first-order chi connectivity index (χ1) is 4.74. The van der Waals surface area contributed by atoms with E-state index in [1.54, 1.807) is 0 Å². The summed E-state index contributed by atoms with van der Waals surface area (Å²) in [5.41, 5.74) is -0.319. The number of carbonyl (C=O) groups is 1. The van der Waals surface area contributed by atoms with Crippen molar-refractivity contribution in [1.82, 2.24) is 9.97 Å². The first-order valence-corrected chi connectivity index (χ1v) is 2.75. The molecule has 0 spiro atoms. The summed E-state index contributed by atoms with van der Waals surface area (Å²) >= 11 is 5.25. The molecule has 0 aliphatic heterocycles. The molecule has 10 heavy (non-hydrogen) atoms. The van der Waals surface area contributed by atoms with E-state index in [9.17, 15) is 9.18 Å². The van der Waals surface area contributed by atoms with Crippen LogP contribution in [-0.4, -0.2) is 16.3 Å². The van der Waals surface area contributed by atoms with Crippen LogP contribution in [0.25, 0.3) is 0 Å². The van der Waals surface area contributed by atoms with E-state index >= 15 is 0 Å². The molecular formula is C5H2ClFN2O. The van der Waals surface area contributed by atoms with Gasteiger partial charge < -0.3 is 0 Å². The first kappa shape index (κ1) is 7.08. The number of rotatable bonds is 1. The Kier molecular flexibility index (Phi) is 1.91. The van der Waals surface area contributed by atoms with Crippen molar-refractivity contribution in [3.8, 4) is 0 Å². The van der Waals surface area contributed by atoms with E-state index < -0.39 is 5.82 Å². The average Bonchev–Trinajstić information content (AvgIpc) is 1.94. The molecule has 3 nitrogen and oxygen atoms in total. The Bertz CT molecular complexity index is 266. The fourth-order valence-corrected chi connectivity index (χ4v) is 0.580. The maximum atomic E-state index is 12.4. The lowest BCUT2D eigenvalue weighted by Gasteiger charge is -1.90. The predicted octanol–water partition coefficient (Wildman–Crippen LogP) is 1.08. The monoisotopic (exact) mass is 160 g/mol. The molecule has 0 aliphatic rings. The summed E-state index contributed by atoms with van der Waals surface area (Å²) in [6, 6.07) is 0. The van der Waals surface area contributed by atoms with Gasteiger partial charge in [0.25, 0.3) is 0 Å². The van der Waals surface area contributed by atoms with Gasteiger partial charge in [0.2, 0.25) is 5.28 Å². The van der Waals surface area contributed by atoms with Crippen molar-refractivity contribution in [2.75, 3.05) is 0 Å². The van der Waals surface area contributed by atoms with Crippen LogP contribution in [-0.2, 0) is 0 Å². The van der Waals surface area contributed by atoms with E-state index in [0.717, 1.165) is 6.20 Å². The van der Waals surface area contributed by atoms with Crippen LogP contribution in [0.3, 0.4) is 0 Å². The van der Waals surface area contributed by atoms with Gasteiger partial charge in [-0.3, -0.25) is 4.79 Å². The minimum Gasteiger partial charge on any atom is -0.296 e. The number of halogens is 2. The van der Waals surface area contributed by atoms with Gasteiger partial charge in [-0.1, -0.05) is 0 Å². The van der Waals surface area contributed by atoms with Crippen LogP contribution in [0, 0.1) is 5.82 Å². The molecule has 0 bridgehead atoms. The quantitative estimate of drug-likeness (QED) is 0.456. The molecule has 0 unspecified atom stereocenters. The van der Waals surface area contributed by atoms with Crippen molar-refractivity contribution in [2.45, 2.75) is 0 Å². The summed E-state index contributed by atoms with van der Waals surface area (Å²) in [5.74, 6) is -0.764. The summed E-state index contributed by atoms with van der Waals surface area (Å²) in [7, 11) is 0. The molecule has 1 rings (SSSR count). The lowest BCUT2D eigenvalue weighted by molar-refractivity contribution is 0.111. The molecule has 0 radical (unpaired) electrons. The molecule has 0 fully saturated rings. The Morgan fingerprint density at radius 2 is 2.40 bits per heavy atom. The van der Waals surface area contributed by atoms with Gasteiger partial charge in [0.05, 0.1) is 6.20 Å². The lowest BCUT2D eigenvalue weighted by atomic mass is 10.4. The molecule has 0 aromatic carbocycles. The molecule has 1 heterocycles. The average molecular weight is 161 g/mol. The maximum Gasteiger partial charge on any atom is 0.223 e. The molecule has 0 aliphatic carbocycles. The third-order valence-corrected chi connectivity index (χ3v) is 1.04. The molecule has 5 heteroatoms. The molecule has 1 aromatic heterocycles. The SMILES string of the molecule is O=Cc1nc(Cl)ncc1F. The zero-order valence-corrected chi connectivity index (χ0v) is 5.47. The number of hydrogen-bond acceptors (Lipinski definition) is 3. The van der Waals surface area contributed by atoms with E-state index in [1.807, 2.05) is 0 Å². The van der Waals surface area contributed by atoms with Crippen LogP contribution in [0.1, 0.15) is 10.5 Å². The number of aromatic nitrogens is 2. The second kappa shape index (κ2) is 2.70. The van der Waals surface area contributed by atoms with E-state index in [2.05, 4.69) is 9.97 Å². The Morgan fingerprint density at radius 3 is 2.90 bits per heavy atom. The zero-order chi connectivity index (χ0) is 7.56. The zero-order valence-electron chi connectivity index (χ0n) is 4.71. The fraction of sp³-hybridized carbons (Fsp3) is 0. The third kappa shape index (κ3) is 1.27. The highest BCUT2D eigenvalue weighted by atomic mass is 35.5. The minimum absolute atomic E-state index is 0.136. The number of aldehydes is 1. The van der Waals surface area contributed by atoms with Crippen molar-refractivity contribution < 1.29 is 9.18 Å². The predicted molar refractivity (Wildman–Crippen MR) is 32.4 cm³/mol. The highest BCUT2D eigenvalue weighted by Gasteiger charge is 2.02. The topological polar surface area (TPSA) is 42.9 Å². The summed E-state index contributed by atoms with van der Waals surface area (Å²) < 4.78 is 12.4. The number of nitrogens with zero attached hydrogens (tertiary/aromatic N) is 2. The number of hydrogen-bond donors (Lipinski definition) is 0. The van der Waals surface area contributed by atoms with Gasteiger partial charge in [-0.25, -0.2) is 14.4 Å². The van der Waals surface area contributed by atoms with E-state index in [-0.39, 0.29) is 17.3 Å². The van der Waals surface area contributed by atoms with Gasteiger partial charge in [-0.2, -0.15) is 0 Å². The summed E-state index contributed by atoms with van der Waals surface area (Å²) in [6.07, 6.45) is 1.13. The van der Waals surface area contributed by atoms with Crippen molar-refractivity contribution >= 4 is 17.9 Å². The summed E-state index contributed by atoms with van der Waals surface area (Å²) in [4.78, 5) is 16.6. The van der Waals surface area contributed by atoms with Gasteiger partial charge in [0.1, 0.15) is 5.69 Å². The molecule has 0 amide bonds. The van der Waals surface area contributed by atoms with E-state index in [4.69, 9.17) is 11.6 Å². The van der Waals surface area contributed by atoms with Crippen molar-refractivity contribution in [1.29, 1.82) is 0 Å². The highest BCUT2D eigenvalue weighted by molar-refractivity contribution is 6.28. The van der Waals surface area contributed by atoms with Gasteiger partial charge in [-0.15, -0.1) is 0 Å². The Morgan fingerprint density at radius 1 is 1.70 bits per heavy atom. The molecule has 0 atom stereocenters. The van der Waals surface area contributed by atoms with Crippen molar-refractivity contribution in [3.05, 3.63) is 23.0 Å². The Balaban J connectivity index is 3.21. The van der Waals surface area contributed by atoms with Crippen LogP contribution in [0.5, 0.6) is 0 Å². The summed E-state index contributed by atoms with van der Waals surface area (Å²) in [6.45, 7) is 0. The maximum absolute atomic E-state index is 12.4.